The summed E-state index contributed by atoms with van der Waals surface area (Å²) in [5, 5.41) is 9.25. The first-order valence-electron chi connectivity index (χ1n) is 6.94. The maximum Gasteiger partial charge on any atom is 0.280 e. The first kappa shape index (κ1) is 14.9. The molecule has 1 N–H and O–H groups in total. The lowest BCUT2D eigenvalue weighted by Crippen LogP contribution is -2.32. The summed E-state index contributed by atoms with van der Waals surface area (Å²) in [6.07, 6.45) is 2.14. The van der Waals surface area contributed by atoms with Crippen LogP contribution in [0, 0.1) is 11.3 Å². The Morgan fingerprint density at radius 3 is 2.78 bits per heavy atom. The molecule has 0 fully saturated rings. The summed E-state index contributed by atoms with van der Waals surface area (Å²) >= 11 is 1.47. The highest BCUT2D eigenvalue weighted by molar-refractivity contribution is 7.18. The third kappa shape index (κ3) is 2.84. The van der Waals surface area contributed by atoms with Gasteiger partial charge >= 0.3 is 0 Å². The Balaban J connectivity index is 1.91. The maximum absolute atomic E-state index is 12.4. The van der Waals surface area contributed by atoms with Gasteiger partial charge in [0.1, 0.15) is 11.2 Å². The third-order valence-corrected chi connectivity index (χ3v) is 4.54. The Bertz CT molecular complexity index is 980. The Labute approximate surface area is 135 Å². The molecule has 0 spiro atoms. The fourth-order valence-electron chi connectivity index (χ4n) is 2.10. The maximum atomic E-state index is 12.4. The van der Waals surface area contributed by atoms with Gasteiger partial charge in [-0.2, -0.15) is 5.26 Å². The van der Waals surface area contributed by atoms with Crippen LogP contribution >= 0.6 is 11.3 Å². The van der Waals surface area contributed by atoms with Crippen molar-refractivity contribution < 1.29 is 4.79 Å². The molecule has 114 valence electrons. The number of aryl methyl sites for hydroxylation is 1. The van der Waals surface area contributed by atoms with Gasteiger partial charge in [-0.25, -0.2) is 9.66 Å². The van der Waals surface area contributed by atoms with Crippen LogP contribution in [0.2, 0.25) is 0 Å². The van der Waals surface area contributed by atoms with Crippen molar-refractivity contribution in [2.45, 2.75) is 13.3 Å². The van der Waals surface area contributed by atoms with Crippen LogP contribution in [0.4, 0.5) is 0 Å². The van der Waals surface area contributed by atoms with E-state index in [2.05, 4.69) is 10.4 Å². The molecule has 7 heteroatoms. The normalized spacial score (nSPS) is 10.4. The van der Waals surface area contributed by atoms with Crippen LogP contribution in [0.3, 0.4) is 0 Å². The molecule has 6 nitrogen and oxygen atoms in total. The molecule has 1 aromatic carbocycles. The Morgan fingerprint density at radius 2 is 2.13 bits per heavy atom. The van der Waals surface area contributed by atoms with Gasteiger partial charge in [0.2, 0.25) is 0 Å². The van der Waals surface area contributed by atoms with E-state index in [1.807, 2.05) is 13.0 Å². The number of carbonyl (C=O) groups excluding carboxylic acids is 1. The van der Waals surface area contributed by atoms with Crippen molar-refractivity contribution in [1.82, 2.24) is 9.66 Å². The van der Waals surface area contributed by atoms with Crippen LogP contribution in [0.15, 0.2) is 41.5 Å². The number of aromatic nitrogens is 2. The SMILES string of the molecule is CCc1cc2c(=O)n(NC(=O)c3ccc(C#N)cc3)cnc2s1. The van der Waals surface area contributed by atoms with Gasteiger partial charge in [0, 0.05) is 10.4 Å². The molecule has 2 aromatic heterocycles. The average Bonchev–Trinajstić information content (AvgIpc) is 3.01. The molecule has 0 saturated carbocycles. The van der Waals surface area contributed by atoms with Crippen molar-refractivity contribution >= 4 is 27.5 Å². The predicted molar refractivity (Wildman–Crippen MR) is 88.1 cm³/mol. The standard InChI is InChI=1S/C16H12N4O2S/c1-2-12-7-13-15(23-12)18-9-20(16(13)22)19-14(21)11-5-3-10(8-17)4-6-11/h3-7,9H,2H2,1H3,(H,19,21). The van der Waals surface area contributed by atoms with Crippen LogP contribution in [0.1, 0.15) is 27.7 Å². The van der Waals surface area contributed by atoms with Crippen molar-refractivity contribution in [3.8, 4) is 6.07 Å². The summed E-state index contributed by atoms with van der Waals surface area (Å²) in [7, 11) is 0. The Kier molecular flexibility index (Phi) is 3.91. The van der Waals surface area contributed by atoms with E-state index in [9.17, 15) is 9.59 Å². The topological polar surface area (TPSA) is 87.8 Å². The first-order valence-corrected chi connectivity index (χ1v) is 7.75. The number of nitrogens with one attached hydrogen (secondary N) is 1. The van der Waals surface area contributed by atoms with Crippen LogP contribution in [-0.2, 0) is 6.42 Å². The van der Waals surface area contributed by atoms with Gasteiger partial charge in [0.05, 0.1) is 17.0 Å². The fourth-order valence-corrected chi connectivity index (χ4v) is 3.02. The highest BCUT2D eigenvalue weighted by atomic mass is 32.1. The smallest absolute Gasteiger partial charge is 0.267 e. The van der Waals surface area contributed by atoms with Gasteiger partial charge in [-0.15, -0.1) is 11.3 Å². The molecule has 0 bridgehead atoms. The molecule has 0 saturated heterocycles. The van der Waals surface area contributed by atoms with Crippen LogP contribution < -0.4 is 11.0 Å². The minimum atomic E-state index is -0.441. The highest BCUT2D eigenvalue weighted by Gasteiger charge is 2.11. The lowest BCUT2D eigenvalue weighted by atomic mass is 10.1. The van der Waals surface area contributed by atoms with E-state index < -0.39 is 5.91 Å². The number of nitriles is 1. The van der Waals surface area contributed by atoms with Crippen molar-refractivity contribution in [1.29, 1.82) is 5.26 Å². The zero-order valence-electron chi connectivity index (χ0n) is 12.2. The monoisotopic (exact) mass is 324 g/mol. The minimum Gasteiger partial charge on any atom is -0.267 e. The molecule has 1 amide bonds. The number of thiophene rings is 1. The van der Waals surface area contributed by atoms with Crippen molar-refractivity contribution in [2.75, 3.05) is 5.43 Å². The number of amides is 1. The number of rotatable bonds is 3. The van der Waals surface area contributed by atoms with Gasteiger partial charge in [0.25, 0.3) is 11.5 Å². The molecule has 2 heterocycles. The summed E-state index contributed by atoms with van der Waals surface area (Å²) in [5.41, 5.74) is 3.02. The number of hydrogen-bond donors (Lipinski definition) is 1. The second-order valence-corrected chi connectivity index (χ2v) is 5.95. The Morgan fingerprint density at radius 1 is 1.39 bits per heavy atom. The zero-order chi connectivity index (χ0) is 16.4. The molecule has 0 aliphatic carbocycles. The minimum absolute atomic E-state index is 0.312. The van der Waals surface area contributed by atoms with Gasteiger partial charge in [0.15, 0.2) is 0 Å². The number of fused-ring (bicyclic) bond motifs is 1. The summed E-state index contributed by atoms with van der Waals surface area (Å²) in [5.74, 6) is -0.441. The number of nitrogens with zero attached hydrogens (tertiary/aromatic N) is 3. The average molecular weight is 324 g/mol. The molecular formula is C16H12N4O2S. The van der Waals surface area contributed by atoms with Crippen molar-refractivity contribution in [3.05, 3.63) is 63.0 Å². The van der Waals surface area contributed by atoms with E-state index in [1.165, 1.54) is 29.8 Å². The fraction of sp³-hybridized carbons (Fsp3) is 0.125. The summed E-state index contributed by atoms with van der Waals surface area (Å²) in [6.45, 7) is 2.01. The highest BCUT2D eigenvalue weighted by Crippen LogP contribution is 2.20. The van der Waals surface area contributed by atoms with Gasteiger partial charge in [-0.05, 0) is 36.8 Å². The van der Waals surface area contributed by atoms with Gasteiger partial charge < -0.3 is 0 Å². The van der Waals surface area contributed by atoms with E-state index in [0.717, 1.165) is 16.0 Å². The molecule has 0 aliphatic heterocycles. The van der Waals surface area contributed by atoms with Crippen LogP contribution in [0.25, 0.3) is 10.2 Å². The molecule has 0 radical (unpaired) electrons. The quantitative estimate of drug-likeness (QED) is 0.800. The Hall–Kier alpha value is -2.98. The molecule has 3 aromatic rings. The molecule has 0 unspecified atom stereocenters. The molecular weight excluding hydrogens is 312 g/mol. The van der Waals surface area contributed by atoms with E-state index in [0.29, 0.717) is 21.3 Å². The summed E-state index contributed by atoms with van der Waals surface area (Å²) < 4.78 is 1.08. The molecule has 0 atom stereocenters. The van der Waals surface area contributed by atoms with Crippen LogP contribution in [-0.4, -0.2) is 15.6 Å². The number of hydrogen-bond acceptors (Lipinski definition) is 5. The van der Waals surface area contributed by atoms with Gasteiger partial charge in [-0.1, -0.05) is 6.92 Å². The van der Waals surface area contributed by atoms with E-state index in [4.69, 9.17) is 5.26 Å². The lowest BCUT2D eigenvalue weighted by molar-refractivity contribution is 0.101. The third-order valence-electron chi connectivity index (χ3n) is 3.35. The molecule has 23 heavy (non-hydrogen) atoms. The van der Waals surface area contributed by atoms with Crippen molar-refractivity contribution in [2.24, 2.45) is 0 Å². The molecule has 0 aliphatic rings. The summed E-state index contributed by atoms with van der Waals surface area (Å²) in [6, 6.07) is 9.95. The van der Waals surface area contributed by atoms with E-state index in [-0.39, 0.29) is 5.56 Å². The predicted octanol–water partition coefficient (Wildman–Crippen LogP) is 2.28. The molecule has 3 rings (SSSR count). The summed E-state index contributed by atoms with van der Waals surface area (Å²) in [4.78, 5) is 30.5. The lowest BCUT2D eigenvalue weighted by Gasteiger charge is -2.07. The van der Waals surface area contributed by atoms with Gasteiger partial charge in [-0.3, -0.25) is 15.0 Å². The second-order valence-electron chi connectivity index (χ2n) is 4.83. The van der Waals surface area contributed by atoms with Crippen LogP contribution in [0.5, 0.6) is 0 Å². The van der Waals surface area contributed by atoms with E-state index in [1.54, 1.807) is 18.2 Å². The zero-order valence-corrected chi connectivity index (χ0v) is 13.1. The first-order chi connectivity index (χ1) is 11.1. The number of benzene rings is 1. The van der Waals surface area contributed by atoms with Crippen molar-refractivity contribution in [3.63, 3.8) is 0 Å². The van der Waals surface area contributed by atoms with E-state index >= 15 is 0 Å². The number of carbonyl (C=O) groups is 1. The second kappa shape index (κ2) is 6.02. The largest absolute Gasteiger partial charge is 0.280 e.